The fourth-order valence-electron chi connectivity index (χ4n) is 2.38. The predicted octanol–water partition coefficient (Wildman–Crippen LogP) is 4.79. The summed E-state index contributed by atoms with van der Waals surface area (Å²) < 4.78 is 6.48. The molecule has 0 aliphatic heterocycles. The third-order valence-corrected chi connectivity index (χ3v) is 4.33. The molecule has 2 N–H and O–H groups in total. The monoisotopic (exact) mass is 381 g/mol. The highest BCUT2D eigenvalue weighted by molar-refractivity contribution is 9.10. The van der Waals surface area contributed by atoms with Gasteiger partial charge in [0.05, 0.1) is 5.56 Å². The zero-order valence-corrected chi connectivity index (χ0v) is 14.5. The Labute approximate surface area is 149 Å². The third-order valence-electron chi connectivity index (χ3n) is 3.67. The van der Waals surface area contributed by atoms with E-state index < -0.39 is 5.91 Å². The summed E-state index contributed by atoms with van der Waals surface area (Å²) in [6.07, 6.45) is 0. The van der Waals surface area contributed by atoms with Gasteiger partial charge in [0.1, 0.15) is 12.4 Å². The smallest absolute Gasteiger partial charge is 0.249 e. The number of primary amides is 1. The summed E-state index contributed by atoms with van der Waals surface area (Å²) in [7, 11) is 0. The van der Waals surface area contributed by atoms with Gasteiger partial charge in [0.2, 0.25) is 5.91 Å². The van der Waals surface area contributed by atoms with E-state index in [0.29, 0.717) is 16.6 Å². The number of carbonyl (C=O) groups is 1. The Hall–Kier alpha value is -2.59. The van der Waals surface area contributed by atoms with E-state index in [1.807, 2.05) is 66.7 Å². The minimum Gasteiger partial charge on any atom is -0.489 e. The molecule has 0 heterocycles. The Morgan fingerprint density at radius 3 is 2.21 bits per heavy atom. The third kappa shape index (κ3) is 3.84. The van der Waals surface area contributed by atoms with Crippen LogP contribution in [-0.4, -0.2) is 5.91 Å². The zero-order chi connectivity index (χ0) is 16.9. The van der Waals surface area contributed by atoms with Crippen LogP contribution in [0.15, 0.2) is 77.3 Å². The highest BCUT2D eigenvalue weighted by Crippen LogP contribution is 2.27. The van der Waals surface area contributed by atoms with E-state index in [1.165, 1.54) is 0 Å². The van der Waals surface area contributed by atoms with Crippen LogP contribution >= 0.6 is 15.9 Å². The molecule has 0 spiro atoms. The summed E-state index contributed by atoms with van der Waals surface area (Å²) in [5.74, 6) is 0.369. The molecule has 3 aromatic rings. The molecular weight excluding hydrogens is 366 g/mol. The summed E-state index contributed by atoms with van der Waals surface area (Å²) in [6, 6.07) is 23.4. The lowest BCUT2D eigenvalue weighted by Gasteiger charge is -2.08. The number of ether oxygens (including phenoxy) is 1. The Bertz CT molecular complexity index is 845. The van der Waals surface area contributed by atoms with Crippen LogP contribution in [0.3, 0.4) is 0 Å². The van der Waals surface area contributed by atoms with Crippen LogP contribution in [-0.2, 0) is 6.61 Å². The average molecular weight is 382 g/mol. The predicted molar refractivity (Wildman–Crippen MR) is 98.9 cm³/mol. The molecule has 0 fully saturated rings. The van der Waals surface area contributed by atoms with Gasteiger partial charge in [0, 0.05) is 4.47 Å². The summed E-state index contributed by atoms with van der Waals surface area (Å²) in [4.78, 5) is 11.3. The van der Waals surface area contributed by atoms with Crippen molar-refractivity contribution in [2.75, 3.05) is 0 Å². The average Bonchev–Trinajstić information content (AvgIpc) is 2.61. The molecule has 0 bridgehead atoms. The normalized spacial score (nSPS) is 10.4. The minimum absolute atomic E-state index is 0.446. The second-order valence-corrected chi connectivity index (χ2v) is 6.21. The lowest BCUT2D eigenvalue weighted by molar-refractivity contribution is 0.0999. The summed E-state index contributed by atoms with van der Waals surface area (Å²) in [5.41, 5.74) is 8.97. The first-order valence-corrected chi connectivity index (χ1v) is 8.29. The maximum absolute atomic E-state index is 11.3. The van der Waals surface area contributed by atoms with Gasteiger partial charge in [0.15, 0.2) is 0 Å². The highest BCUT2D eigenvalue weighted by Gasteiger charge is 2.08. The van der Waals surface area contributed by atoms with Crippen molar-refractivity contribution in [2.45, 2.75) is 6.61 Å². The van der Waals surface area contributed by atoms with Gasteiger partial charge < -0.3 is 10.5 Å². The number of benzene rings is 3. The van der Waals surface area contributed by atoms with E-state index in [4.69, 9.17) is 10.5 Å². The van der Waals surface area contributed by atoms with Crippen LogP contribution < -0.4 is 10.5 Å². The quantitative estimate of drug-likeness (QED) is 0.690. The van der Waals surface area contributed by atoms with Gasteiger partial charge in [-0.2, -0.15) is 0 Å². The number of rotatable bonds is 5. The van der Waals surface area contributed by atoms with Gasteiger partial charge in [-0.05, 0) is 56.9 Å². The van der Waals surface area contributed by atoms with Crippen LogP contribution in [0, 0.1) is 0 Å². The summed E-state index contributed by atoms with van der Waals surface area (Å²) in [5, 5.41) is 0. The van der Waals surface area contributed by atoms with Crippen LogP contribution in [0.5, 0.6) is 5.75 Å². The number of amides is 1. The maximum Gasteiger partial charge on any atom is 0.249 e. The number of nitrogens with two attached hydrogens (primary N) is 1. The molecule has 0 saturated heterocycles. The SMILES string of the molecule is NC(=O)c1ccc(-c2ccc(OCc3ccccc3)cc2)cc1Br. The van der Waals surface area contributed by atoms with Gasteiger partial charge in [-0.3, -0.25) is 4.79 Å². The molecule has 24 heavy (non-hydrogen) atoms. The molecule has 0 aliphatic rings. The summed E-state index contributed by atoms with van der Waals surface area (Å²) in [6.45, 7) is 0.541. The molecular formula is C20H16BrNO2. The minimum atomic E-state index is -0.446. The summed E-state index contributed by atoms with van der Waals surface area (Å²) >= 11 is 3.38. The lowest BCUT2D eigenvalue weighted by atomic mass is 10.0. The molecule has 3 aromatic carbocycles. The van der Waals surface area contributed by atoms with Crippen LogP contribution in [0.4, 0.5) is 0 Å². The Balaban J connectivity index is 1.72. The van der Waals surface area contributed by atoms with Crippen molar-refractivity contribution in [2.24, 2.45) is 5.73 Å². The molecule has 0 unspecified atom stereocenters. The van der Waals surface area contributed by atoms with E-state index in [0.717, 1.165) is 22.4 Å². The molecule has 0 aliphatic carbocycles. The first kappa shape index (κ1) is 16.3. The number of halogens is 1. The fraction of sp³-hybridized carbons (Fsp3) is 0.0500. The Morgan fingerprint density at radius 2 is 1.58 bits per heavy atom. The molecule has 0 saturated carbocycles. The van der Waals surface area contributed by atoms with Crippen molar-refractivity contribution in [1.29, 1.82) is 0 Å². The lowest BCUT2D eigenvalue weighted by Crippen LogP contribution is -2.11. The van der Waals surface area contributed by atoms with Crippen molar-refractivity contribution in [3.05, 3.63) is 88.4 Å². The van der Waals surface area contributed by atoms with Crippen molar-refractivity contribution < 1.29 is 9.53 Å². The first-order valence-electron chi connectivity index (χ1n) is 7.50. The maximum atomic E-state index is 11.3. The Morgan fingerprint density at radius 1 is 0.917 bits per heavy atom. The van der Waals surface area contributed by atoms with Gasteiger partial charge in [-0.25, -0.2) is 0 Å². The van der Waals surface area contributed by atoms with Crippen molar-refractivity contribution in [3.8, 4) is 16.9 Å². The van der Waals surface area contributed by atoms with Crippen molar-refractivity contribution in [3.63, 3.8) is 0 Å². The van der Waals surface area contributed by atoms with E-state index in [1.54, 1.807) is 6.07 Å². The van der Waals surface area contributed by atoms with Crippen LogP contribution in [0.25, 0.3) is 11.1 Å². The van der Waals surface area contributed by atoms with Crippen molar-refractivity contribution in [1.82, 2.24) is 0 Å². The highest BCUT2D eigenvalue weighted by atomic mass is 79.9. The molecule has 4 heteroatoms. The number of hydrogen-bond acceptors (Lipinski definition) is 2. The van der Waals surface area contributed by atoms with E-state index in [2.05, 4.69) is 15.9 Å². The van der Waals surface area contributed by atoms with E-state index in [-0.39, 0.29) is 0 Å². The molecule has 120 valence electrons. The van der Waals surface area contributed by atoms with Gasteiger partial charge in [-0.15, -0.1) is 0 Å². The molecule has 0 atom stereocenters. The molecule has 0 radical (unpaired) electrons. The van der Waals surface area contributed by atoms with E-state index in [9.17, 15) is 4.79 Å². The largest absolute Gasteiger partial charge is 0.489 e. The second-order valence-electron chi connectivity index (χ2n) is 5.36. The van der Waals surface area contributed by atoms with Gasteiger partial charge in [-0.1, -0.05) is 48.5 Å². The van der Waals surface area contributed by atoms with Gasteiger partial charge in [0.25, 0.3) is 0 Å². The fourth-order valence-corrected chi connectivity index (χ4v) is 2.95. The molecule has 1 amide bonds. The topological polar surface area (TPSA) is 52.3 Å². The van der Waals surface area contributed by atoms with Crippen LogP contribution in [0.1, 0.15) is 15.9 Å². The van der Waals surface area contributed by atoms with Crippen molar-refractivity contribution >= 4 is 21.8 Å². The number of hydrogen-bond donors (Lipinski definition) is 1. The standard InChI is InChI=1S/C20H16BrNO2/c21-19-12-16(8-11-18(19)20(22)23)15-6-9-17(10-7-15)24-13-14-4-2-1-3-5-14/h1-12H,13H2,(H2,22,23). The van der Waals surface area contributed by atoms with Crippen LogP contribution in [0.2, 0.25) is 0 Å². The Kier molecular flexibility index (Phi) is 4.96. The first-order chi connectivity index (χ1) is 11.6. The van der Waals surface area contributed by atoms with E-state index >= 15 is 0 Å². The molecule has 0 aromatic heterocycles. The van der Waals surface area contributed by atoms with Gasteiger partial charge >= 0.3 is 0 Å². The second kappa shape index (κ2) is 7.32. The molecule has 3 nitrogen and oxygen atoms in total. The zero-order valence-electron chi connectivity index (χ0n) is 12.9. The number of carbonyl (C=O) groups excluding carboxylic acids is 1. The molecule has 3 rings (SSSR count).